The lowest BCUT2D eigenvalue weighted by atomic mass is 10.1. The van der Waals surface area contributed by atoms with Crippen molar-refractivity contribution in [2.45, 2.75) is 232 Å². The number of quaternary nitrogens is 1. The molecule has 0 radical (unpaired) electrons. The number of aliphatic carboxylic acids is 1. The number of likely N-dealkylation sites (N-methyl/N-ethyl adjacent to an activating group) is 1. The van der Waals surface area contributed by atoms with E-state index < -0.39 is 24.3 Å². The standard InChI is InChI=1S/C64H107NO8/c1-6-8-10-12-14-16-18-20-22-24-25-26-27-28-29-30-31-32-33-34-35-36-37-39-41-43-45-47-49-51-53-55-62(67)73-60(59-72-64(63(68)69)70-57-56-65(3,4)5)58-71-61(66)54-52-50-48-46-44-42-40-38-23-21-19-17-15-13-11-9-7-2/h8,10,14-17,20-23,25-26,28-29,31-32,34-35,60,64H,6-7,9,11-13,18-19,24,27,30,33,36-59H2,1-5H3/p+1/b10-8-,16-14-,17-15-,22-20-,23-21-,26-25-,29-28-,32-31-,35-34-. The van der Waals surface area contributed by atoms with Gasteiger partial charge in [0.1, 0.15) is 13.2 Å². The minimum atomic E-state index is -1.52. The number of carboxylic acids is 1. The summed E-state index contributed by atoms with van der Waals surface area (Å²) in [4.78, 5) is 37.4. The summed E-state index contributed by atoms with van der Waals surface area (Å²) >= 11 is 0. The molecule has 0 aliphatic carbocycles. The Labute approximate surface area is 447 Å². The SMILES string of the molecule is CC/C=C\C/C=C\C/C=C\C/C=C\C/C=C\C/C=C\C/C=C\CCCCCCCCCCCC(=O)OC(COC(=O)CCCCCCCCC/C=C\C/C=C\CCCCC)COC(OCC[N+](C)(C)C)C(=O)O. The van der Waals surface area contributed by atoms with E-state index in [-0.39, 0.29) is 38.6 Å². The van der Waals surface area contributed by atoms with Gasteiger partial charge in [-0.15, -0.1) is 0 Å². The van der Waals surface area contributed by atoms with E-state index >= 15 is 0 Å². The van der Waals surface area contributed by atoms with Crippen LogP contribution in [0.2, 0.25) is 0 Å². The van der Waals surface area contributed by atoms with Crippen LogP contribution in [0.5, 0.6) is 0 Å². The molecule has 9 heteroatoms. The molecule has 2 atom stereocenters. The summed E-state index contributed by atoms with van der Waals surface area (Å²) in [5, 5.41) is 9.70. The minimum absolute atomic E-state index is 0.180. The van der Waals surface area contributed by atoms with Gasteiger partial charge in [-0.1, -0.05) is 213 Å². The second-order valence-corrected chi connectivity index (χ2v) is 20.2. The molecule has 2 unspecified atom stereocenters. The molecule has 0 aromatic carbocycles. The average Bonchev–Trinajstić information content (AvgIpc) is 3.36. The van der Waals surface area contributed by atoms with Crippen LogP contribution < -0.4 is 0 Å². The van der Waals surface area contributed by atoms with E-state index in [1.165, 1.54) is 77.0 Å². The van der Waals surface area contributed by atoms with Crippen LogP contribution in [-0.2, 0) is 33.3 Å². The minimum Gasteiger partial charge on any atom is -0.477 e. The maximum Gasteiger partial charge on any atom is 0.361 e. The van der Waals surface area contributed by atoms with E-state index in [2.05, 4.69) is 123 Å². The molecule has 0 aliphatic heterocycles. The number of nitrogens with zero attached hydrogens (tertiary/aromatic N) is 1. The van der Waals surface area contributed by atoms with Crippen molar-refractivity contribution in [1.29, 1.82) is 0 Å². The molecule has 0 aromatic heterocycles. The van der Waals surface area contributed by atoms with Crippen LogP contribution in [0.15, 0.2) is 109 Å². The van der Waals surface area contributed by atoms with Crippen LogP contribution in [-0.4, -0.2) is 87.4 Å². The zero-order valence-electron chi connectivity index (χ0n) is 47.3. The van der Waals surface area contributed by atoms with Gasteiger partial charge in [0.2, 0.25) is 0 Å². The Bertz CT molecular complexity index is 1560. The Kier molecular flexibility index (Phi) is 51.2. The largest absolute Gasteiger partial charge is 0.477 e. The van der Waals surface area contributed by atoms with Crippen LogP contribution in [0.1, 0.15) is 219 Å². The third kappa shape index (κ3) is 55.5. The maximum atomic E-state index is 12.9. The van der Waals surface area contributed by atoms with Gasteiger partial charge in [0.15, 0.2) is 6.10 Å². The van der Waals surface area contributed by atoms with Gasteiger partial charge in [-0.3, -0.25) is 9.59 Å². The predicted molar refractivity (Wildman–Crippen MR) is 308 cm³/mol. The van der Waals surface area contributed by atoms with Crippen LogP contribution in [0.25, 0.3) is 0 Å². The Morgan fingerprint density at radius 3 is 1.16 bits per heavy atom. The highest BCUT2D eigenvalue weighted by Gasteiger charge is 2.25. The summed E-state index contributed by atoms with van der Waals surface area (Å²) in [6.45, 7) is 4.71. The first kappa shape index (κ1) is 69.0. The zero-order chi connectivity index (χ0) is 53.4. The number of carboxylic acid groups (broad SMARTS) is 1. The molecule has 0 amide bonds. The first-order valence-corrected chi connectivity index (χ1v) is 29.1. The third-order valence-corrected chi connectivity index (χ3v) is 12.0. The van der Waals surface area contributed by atoms with Crippen LogP contribution in [0.4, 0.5) is 0 Å². The van der Waals surface area contributed by atoms with Gasteiger partial charge < -0.3 is 28.5 Å². The molecule has 416 valence electrons. The van der Waals surface area contributed by atoms with E-state index in [0.29, 0.717) is 17.4 Å². The molecular weight excluding hydrogens is 911 g/mol. The van der Waals surface area contributed by atoms with E-state index in [4.69, 9.17) is 18.9 Å². The predicted octanol–water partition coefficient (Wildman–Crippen LogP) is 17.1. The number of carbonyl (C=O) groups excluding carboxylic acids is 2. The number of unbranched alkanes of at least 4 members (excludes halogenated alkanes) is 19. The Morgan fingerprint density at radius 1 is 0.425 bits per heavy atom. The molecule has 0 heterocycles. The molecule has 0 fully saturated rings. The normalized spacial score (nSPS) is 13.6. The van der Waals surface area contributed by atoms with Crippen LogP contribution >= 0.6 is 0 Å². The second-order valence-electron chi connectivity index (χ2n) is 20.2. The van der Waals surface area contributed by atoms with Gasteiger partial charge in [0.25, 0.3) is 6.29 Å². The van der Waals surface area contributed by atoms with Crippen molar-refractivity contribution in [2.75, 3.05) is 47.5 Å². The van der Waals surface area contributed by atoms with Crippen molar-refractivity contribution in [1.82, 2.24) is 0 Å². The van der Waals surface area contributed by atoms with Crippen molar-refractivity contribution in [2.24, 2.45) is 0 Å². The van der Waals surface area contributed by atoms with Crippen LogP contribution in [0.3, 0.4) is 0 Å². The number of hydrogen-bond acceptors (Lipinski definition) is 7. The van der Waals surface area contributed by atoms with Crippen molar-refractivity contribution in [3.8, 4) is 0 Å². The van der Waals surface area contributed by atoms with Gasteiger partial charge in [-0.2, -0.15) is 0 Å². The fourth-order valence-corrected chi connectivity index (χ4v) is 7.55. The molecule has 0 spiro atoms. The molecule has 0 bridgehead atoms. The lowest BCUT2D eigenvalue weighted by molar-refractivity contribution is -0.870. The first-order valence-electron chi connectivity index (χ1n) is 29.1. The summed E-state index contributed by atoms with van der Waals surface area (Å²) < 4.78 is 22.9. The number of hydrogen-bond donors (Lipinski definition) is 1. The van der Waals surface area contributed by atoms with Crippen LogP contribution in [0, 0.1) is 0 Å². The molecule has 0 saturated heterocycles. The number of allylic oxidation sites excluding steroid dienone is 18. The summed E-state index contributed by atoms with van der Waals surface area (Å²) in [5.74, 6) is -2.03. The fraction of sp³-hybridized carbons (Fsp3) is 0.672. The van der Waals surface area contributed by atoms with E-state index in [9.17, 15) is 19.5 Å². The van der Waals surface area contributed by atoms with E-state index in [1.807, 2.05) is 21.1 Å². The lowest BCUT2D eigenvalue weighted by Gasteiger charge is -2.25. The smallest absolute Gasteiger partial charge is 0.361 e. The molecule has 73 heavy (non-hydrogen) atoms. The number of ether oxygens (including phenoxy) is 4. The number of rotatable bonds is 52. The topological polar surface area (TPSA) is 108 Å². The zero-order valence-corrected chi connectivity index (χ0v) is 47.3. The molecule has 0 rings (SSSR count). The summed E-state index contributed by atoms with van der Waals surface area (Å²) in [7, 11) is 5.95. The third-order valence-electron chi connectivity index (χ3n) is 12.0. The van der Waals surface area contributed by atoms with Gasteiger partial charge in [-0.25, -0.2) is 4.79 Å². The molecule has 0 aromatic rings. The monoisotopic (exact) mass is 1020 g/mol. The fourth-order valence-electron chi connectivity index (χ4n) is 7.55. The Morgan fingerprint density at radius 2 is 0.781 bits per heavy atom. The van der Waals surface area contributed by atoms with Crippen molar-refractivity contribution < 1.29 is 42.9 Å². The summed E-state index contributed by atoms with van der Waals surface area (Å²) in [5.41, 5.74) is 0. The Hall–Kier alpha value is -4.05. The molecule has 1 N–H and O–H groups in total. The second kappa shape index (κ2) is 54.2. The van der Waals surface area contributed by atoms with Gasteiger partial charge in [0, 0.05) is 12.8 Å². The number of esters is 2. The van der Waals surface area contributed by atoms with Crippen molar-refractivity contribution >= 4 is 17.9 Å². The maximum absolute atomic E-state index is 12.9. The molecule has 9 nitrogen and oxygen atoms in total. The lowest BCUT2D eigenvalue weighted by Crippen LogP contribution is -2.40. The summed E-state index contributed by atoms with van der Waals surface area (Å²) in [6, 6.07) is 0. The van der Waals surface area contributed by atoms with E-state index in [1.54, 1.807) is 0 Å². The first-order chi connectivity index (χ1) is 35.6. The highest BCUT2D eigenvalue weighted by molar-refractivity contribution is 5.71. The Balaban J connectivity index is 4.27. The highest BCUT2D eigenvalue weighted by atomic mass is 16.7. The van der Waals surface area contributed by atoms with Crippen molar-refractivity contribution in [3.63, 3.8) is 0 Å². The molecular formula is C64H108NO8+. The average molecular weight is 1020 g/mol. The number of carbonyl (C=O) groups is 3. The quantitative estimate of drug-likeness (QED) is 0.0211. The van der Waals surface area contributed by atoms with Gasteiger partial charge in [0.05, 0.1) is 34.4 Å². The highest BCUT2D eigenvalue weighted by Crippen LogP contribution is 2.15. The van der Waals surface area contributed by atoms with Crippen molar-refractivity contribution in [3.05, 3.63) is 109 Å². The molecule has 0 saturated carbocycles. The van der Waals surface area contributed by atoms with Gasteiger partial charge >= 0.3 is 17.9 Å². The van der Waals surface area contributed by atoms with Gasteiger partial charge in [-0.05, 0) is 103 Å². The van der Waals surface area contributed by atoms with E-state index in [0.717, 1.165) is 109 Å². The summed E-state index contributed by atoms with van der Waals surface area (Å²) in [6.07, 6.45) is 71.6. The molecule has 0 aliphatic rings.